The molecule has 1 heterocycles. The van der Waals surface area contributed by atoms with E-state index in [2.05, 4.69) is 0 Å². The molecular formula is C25H23NO4. The fraction of sp³-hybridized carbons (Fsp3) is 0.200. The predicted octanol–water partition coefficient (Wildman–Crippen LogP) is 4.59. The van der Waals surface area contributed by atoms with Crippen molar-refractivity contribution >= 4 is 11.9 Å². The topological polar surface area (TPSA) is 66.8 Å². The van der Waals surface area contributed by atoms with Gasteiger partial charge in [-0.05, 0) is 54.3 Å². The highest BCUT2D eigenvalue weighted by molar-refractivity contribution is 5.95. The molecule has 1 aliphatic heterocycles. The van der Waals surface area contributed by atoms with Crippen LogP contribution in [0.2, 0.25) is 0 Å². The number of ether oxygens (including phenoxy) is 1. The Kier molecular flexibility index (Phi) is 5.27. The van der Waals surface area contributed by atoms with Gasteiger partial charge in [-0.3, -0.25) is 9.59 Å². The third-order valence-corrected chi connectivity index (χ3v) is 5.31. The molecule has 4 rings (SSSR count). The van der Waals surface area contributed by atoms with Gasteiger partial charge in [-0.2, -0.15) is 0 Å². The molecule has 1 amide bonds. The van der Waals surface area contributed by atoms with Crippen LogP contribution in [0.15, 0.2) is 60.7 Å². The summed E-state index contributed by atoms with van der Waals surface area (Å²) >= 11 is 0. The van der Waals surface area contributed by atoms with Crippen molar-refractivity contribution in [2.45, 2.75) is 26.8 Å². The van der Waals surface area contributed by atoms with Gasteiger partial charge in [-0.15, -0.1) is 0 Å². The summed E-state index contributed by atoms with van der Waals surface area (Å²) in [6.45, 7) is 4.63. The summed E-state index contributed by atoms with van der Waals surface area (Å²) in [4.78, 5) is 25.7. The first-order valence-corrected chi connectivity index (χ1v) is 9.84. The number of hydrogen-bond acceptors (Lipinski definition) is 3. The molecule has 1 aliphatic rings. The number of carbonyl (C=O) groups is 2. The molecular weight excluding hydrogens is 378 g/mol. The van der Waals surface area contributed by atoms with Crippen LogP contribution in [0.3, 0.4) is 0 Å². The van der Waals surface area contributed by atoms with Gasteiger partial charge in [0.25, 0.3) is 5.91 Å². The summed E-state index contributed by atoms with van der Waals surface area (Å²) in [5.74, 6) is -0.135. The minimum atomic E-state index is -0.855. The number of nitrogens with zero attached hydrogens (tertiary/aromatic N) is 1. The minimum Gasteiger partial charge on any atom is -0.481 e. The quantitative estimate of drug-likeness (QED) is 0.694. The summed E-state index contributed by atoms with van der Waals surface area (Å²) in [6, 6.07) is 19.2. The van der Waals surface area contributed by atoms with Crippen molar-refractivity contribution in [3.8, 4) is 16.9 Å². The second kappa shape index (κ2) is 8.03. The monoisotopic (exact) mass is 401 g/mol. The molecule has 0 saturated heterocycles. The number of aryl methyl sites for hydroxylation is 2. The zero-order valence-electron chi connectivity index (χ0n) is 17.0. The Bertz CT molecular complexity index is 1140. The summed E-state index contributed by atoms with van der Waals surface area (Å²) in [5.41, 5.74) is 6.35. The first-order valence-electron chi connectivity index (χ1n) is 9.84. The molecule has 30 heavy (non-hydrogen) atoms. The Morgan fingerprint density at radius 1 is 1.00 bits per heavy atom. The molecule has 0 saturated carbocycles. The van der Waals surface area contributed by atoms with Crippen LogP contribution in [0.1, 0.15) is 32.6 Å². The lowest BCUT2D eigenvalue weighted by atomic mass is 9.98. The number of hydrogen-bond donors (Lipinski definition) is 1. The van der Waals surface area contributed by atoms with E-state index in [1.807, 2.05) is 74.5 Å². The minimum absolute atomic E-state index is 0.0138. The lowest BCUT2D eigenvalue weighted by Gasteiger charge is -2.30. The molecule has 1 N–H and O–H groups in total. The average Bonchev–Trinajstić information content (AvgIpc) is 2.72. The normalized spacial score (nSPS) is 12.8. The van der Waals surface area contributed by atoms with Gasteiger partial charge in [0.1, 0.15) is 5.75 Å². The van der Waals surface area contributed by atoms with E-state index >= 15 is 0 Å². The Morgan fingerprint density at radius 2 is 1.80 bits per heavy atom. The van der Waals surface area contributed by atoms with Crippen molar-refractivity contribution in [3.63, 3.8) is 0 Å². The maximum Gasteiger partial charge on any atom is 0.307 e. The third kappa shape index (κ3) is 4.06. The fourth-order valence-corrected chi connectivity index (χ4v) is 3.81. The van der Waals surface area contributed by atoms with Crippen molar-refractivity contribution in [1.29, 1.82) is 0 Å². The van der Waals surface area contributed by atoms with Crippen LogP contribution >= 0.6 is 0 Å². The van der Waals surface area contributed by atoms with Crippen molar-refractivity contribution in [3.05, 3.63) is 88.5 Å². The average molecular weight is 401 g/mol. The van der Waals surface area contributed by atoms with E-state index in [1.165, 1.54) is 0 Å². The summed E-state index contributed by atoms with van der Waals surface area (Å²) in [5, 5.41) is 9.04. The van der Waals surface area contributed by atoms with Crippen molar-refractivity contribution in [2.75, 3.05) is 6.73 Å². The van der Waals surface area contributed by atoms with E-state index in [4.69, 9.17) is 9.84 Å². The van der Waals surface area contributed by atoms with Crippen molar-refractivity contribution in [2.24, 2.45) is 0 Å². The molecule has 0 unspecified atom stereocenters. The first-order chi connectivity index (χ1) is 14.4. The highest BCUT2D eigenvalue weighted by Crippen LogP contribution is 2.31. The first kappa shape index (κ1) is 19.7. The number of fused-ring (bicyclic) bond motifs is 1. The van der Waals surface area contributed by atoms with E-state index in [0.717, 1.165) is 39.1 Å². The van der Waals surface area contributed by atoms with Gasteiger partial charge >= 0.3 is 5.97 Å². The van der Waals surface area contributed by atoms with Gasteiger partial charge in [-0.25, -0.2) is 0 Å². The fourth-order valence-electron chi connectivity index (χ4n) is 3.81. The van der Waals surface area contributed by atoms with Crippen molar-refractivity contribution < 1.29 is 19.4 Å². The lowest BCUT2D eigenvalue weighted by Crippen LogP contribution is -2.37. The van der Waals surface area contributed by atoms with Crippen LogP contribution in [0.25, 0.3) is 11.1 Å². The molecule has 152 valence electrons. The second-order valence-electron chi connectivity index (χ2n) is 7.69. The maximum absolute atomic E-state index is 13.0. The standard InChI is InChI=1S/C25H23NO4/c1-16-6-8-22(17(2)10-16)25(29)26-14-21-13-20(7-9-23(21)30-15-26)19-5-3-4-18(11-19)12-24(27)28/h3-11,13H,12,14-15H2,1-2H3,(H,27,28). The summed E-state index contributed by atoms with van der Waals surface area (Å²) in [7, 11) is 0. The lowest BCUT2D eigenvalue weighted by molar-refractivity contribution is -0.136. The van der Waals surface area contributed by atoms with E-state index in [1.54, 1.807) is 4.90 Å². The highest BCUT2D eigenvalue weighted by Gasteiger charge is 2.24. The second-order valence-corrected chi connectivity index (χ2v) is 7.69. The summed E-state index contributed by atoms with van der Waals surface area (Å²) < 4.78 is 5.84. The van der Waals surface area contributed by atoms with E-state index in [9.17, 15) is 9.59 Å². The van der Waals surface area contributed by atoms with E-state index in [-0.39, 0.29) is 19.1 Å². The molecule has 3 aromatic carbocycles. The molecule has 0 bridgehead atoms. The Labute approximate surface area is 175 Å². The molecule has 0 radical (unpaired) electrons. The molecule has 0 spiro atoms. The number of amides is 1. The van der Waals surface area contributed by atoms with Gasteiger partial charge in [0, 0.05) is 11.1 Å². The Morgan fingerprint density at radius 3 is 2.57 bits per heavy atom. The van der Waals surface area contributed by atoms with Gasteiger partial charge in [0.05, 0.1) is 13.0 Å². The van der Waals surface area contributed by atoms with Crippen LogP contribution < -0.4 is 4.74 Å². The molecule has 5 heteroatoms. The van der Waals surface area contributed by atoms with Crippen molar-refractivity contribution in [1.82, 2.24) is 4.90 Å². The molecule has 0 aromatic heterocycles. The molecule has 5 nitrogen and oxygen atoms in total. The van der Waals surface area contributed by atoms with E-state index < -0.39 is 5.97 Å². The number of benzene rings is 3. The van der Waals surface area contributed by atoms with Gasteiger partial charge in [0.2, 0.25) is 0 Å². The number of carboxylic acid groups (broad SMARTS) is 1. The highest BCUT2D eigenvalue weighted by atomic mass is 16.5. The Hall–Kier alpha value is -3.60. The molecule has 0 fully saturated rings. The largest absolute Gasteiger partial charge is 0.481 e. The van der Waals surface area contributed by atoms with E-state index in [0.29, 0.717) is 12.1 Å². The zero-order valence-corrected chi connectivity index (χ0v) is 17.0. The molecule has 0 aliphatic carbocycles. The van der Waals surface area contributed by atoms with Crippen LogP contribution in [0, 0.1) is 13.8 Å². The van der Waals surface area contributed by atoms with Gasteiger partial charge in [0.15, 0.2) is 6.73 Å². The van der Waals surface area contributed by atoms with Crippen LogP contribution in [0.5, 0.6) is 5.75 Å². The Balaban J connectivity index is 1.59. The van der Waals surface area contributed by atoms with Crippen LogP contribution in [-0.4, -0.2) is 28.6 Å². The van der Waals surface area contributed by atoms with Crippen LogP contribution in [-0.2, 0) is 17.8 Å². The predicted molar refractivity (Wildman–Crippen MR) is 115 cm³/mol. The zero-order chi connectivity index (χ0) is 21.3. The smallest absolute Gasteiger partial charge is 0.307 e. The van der Waals surface area contributed by atoms with Gasteiger partial charge in [-0.1, -0.05) is 48.0 Å². The molecule has 0 atom stereocenters. The molecule has 3 aromatic rings. The van der Waals surface area contributed by atoms with Crippen LogP contribution in [0.4, 0.5) is 0 Å². The SMILES string of the molecule is Cc1ccc(C(=O)N2COc3ccc(-c4cccc(CC(=O)O)c4)cc3C2)c(C)c1. The number of carbonyl (C=O) groups excluding carboxylic acids is 1. The maximum atomic E-state index is 13.0. The van der Waals surface area contributed by atoms with Gasteiger partial charge < -0.3 is 14.7 Å². The third-order valence-electron chi connectivity index (χ3n) is 5.31. The number of carboxylic acids is 1. The summed E-state index contributed by atoms with van der Waals surface area (Å²) in [6.07, 6.45) is -0.0138. The number of rotatable bonds is 4. The number of aliphatic carboxylic acids is 1.